The first kappa shape index (κ1) is 14.5. The number of oxazole rings is 1. The molecule has 1 aliphatic heterocycles. The van der Waals surface area contributed by atoms with Gasteiger partial charge in [-0.15, -0.1) is 0 Å². The van der Waals surface area contributed by atoms with Crippen molar-refractivity contribution < 1.29 is 9.21 Å². The third-order valence-corrected chi connectivity index (χ3v) is 5.07. The Kier molecular flexibility index (Phi) is 3.67. The fraction of sp³-hybridized carbons (Fsp3) is 0.588. The van der Waals surface area contributed by atoms with Crippen LogP contribution in [0.5, 0.6) is 0 Å². The monoisotopic (exact) mass is 314 g/mol. The predicted octanol–water partition coefficient (Wildman–Crippen LogP) is 2.19. The summed E-state index contributed by atoms with van der Waals surface area (Å²) in [5, 5.41) is 4.14. The molecule has 122 valence electrons. The van der Waals surface area contributed by atoms with Crippen LogP contribution < -0.4 is 0 Å². The summed E-state index contributed by atoms with van der Waals surface area (Å²) in [6.07, 6.45) is 7.44. The lowest BCUT2D eigenvalue weighted by atomic mass is 9.85. The Morgan fingerprint density at radius 1 is 1.43 bits per heavy atom. The van der Waals surface area contributed by atoms with Crippen LogP contribution in [0, 0.1) is 0 Å². The lowest BCUT2D eigenvalue weighted by Crippen LogP contribution is -2.36. The molecular formula is C17H22N4O2. The predicted molar refractivity (Wildman–Crippen MR) is 83.7 cm³/mol. The minimum Gasteiger partial charge on any atom is -0.445 e. The minimum absolute atomic E-state index is 0.185. The van der Waals surface area contributed by atoms with Gasteiger partial charge in [0.25, 0.3) is 0 Å². The highest BCUT2D eigenvalue weighted by molar-refractivity contribution is 5.76. The van der Waals surface area contributed by atoms with Crippen molar-refractivity contribution in [2.24, 2.45) is 7.05 Å². The van der Waals surface area contributed by atoms with Crippen LogP contribution in [0.4, 0.5) is 0 Å². The maximum atomic E-state index is 12.5. The Bertz CT molecular complexity index is 714. The molecule has 3 heterocycles. The first-order valence-corrected chi connectivity index (χ1v) is 8.44. The van der Waals surface area contributed by atoms with Crippen LogP contribution in [0.1, 0.15) is 54.6 Å². The molecule has 2 aromatic rings. The summed E-state index contributed by atoms with van der Waals surface area (Å²) in [5.41, 5.74) is 2.05. The largest absolute Gasteiger partial charge is 0.445 e. The number of fused-ring (bicyclic) bond motifs is 1. The summed E-state index contributed by atoms with van der Waals surface area (Å²) in [7, 11) is 1.91. The van der Waals surface area contributed by atoms with Gasteiger partial charge in [0.2, 0.25) is 5.91 Å². The molecule has 2 aromatic heterocycles. The van der Waals surface area contributed by atoms with Gasteiger partial charge < -0.3 is 9.32 Å². The highest BCUT2D eigenvalue weighted by Gasteiger charge is 2.30. The van der Waals surface area contributed by atoms with E-state index in [1.54, 1.807) is 6.20 Å². The Hall–Kier alpha value is -2.11. The van der Waals surface area contributed by atoms with E-state index in [0.717, 1.165) is 42.4 Å². The average Bonchev–Trinajstić information content (AvgIpc) is 3.08. The summed E-state index contributed by atoms with van der Waals surface area (Å²) in [5.74, 6) is 2.58. The van der Waals surface area contributed by atoms with Gasteiger partial charge in [0.15, 0.2) is 5.89 Å². The number of aryl methyl sites for hydroxylation is 2. The number of carbonyl (C=O) groups excluding carboxylic acids is 1. The second kappa shape index (κ2) is 5.83. The van der Waals surface area contributed by atoms with Gasteiger partial charge in [-0.25, -0.2) is 4.98 Å². The molecule has 0 saturated heterocycles. The van der Waals surface area contributed by atoms with Crippen LogP contribution in [-0.2, 0) is 31.2 Å². The number of amides is 1. The first-order valence-electron chi connectivity index (χ1n) is 8.44. The number of aromatic nitrogens is 3. The number of rotatable bonds is 4. The van der Waals surface area contributed by atoms with E-state index in [-0.39, 0.29) is 5.91 Å². The smallest absolute Gasteiger partial charge is 0.223 e. The molecule has 1 saturated carbocycles. The van der Waals surface area contributed by atoms with E-state index in [9.17, 15) is 4.79 Å². The molecule has 0 unspecified atom stereocenters. The van der Waals surface area contributed by atoms with Crippen molar-refractivity contribution in [2.45, 2.75) is 51.0 Å². The summed E-state index contributed by atoms with van der Waals surface area (Å²) in [4.78, 5) is 19.0. The Morgan fingerprint density at radius 3 is 3.00 bits per heavy atom. The summed E-state index contributed by atoms with van der Waals surface area (Å²) >= 11 is 0. The molecule has 0 radical (unpaired) electrons. The standard InChI is InChI=1S/C17H22N4O2/c1-20-13(7-9-18-20)5-6-16(22)21-10-8-15-14(11-21)19-17(23-15)12-3-2-4-12/h7,9,12H,2-6,8,10-11H2,1H3. The lowest BCUT2D eigenvalue weighted by molar-refractivity contribution is -0.132. The lowest BCUT2D eigenvalue weighted by Gasteiger charge is -2.25. The molecule has 0 spiro atoms. The minimum atomic E-state index is 0.185. The topological polar surface area (TPSA) is 64.2 Å². The third kappa shape index (κ3) is 2.78. The normalized spacial score (nSPS) is 17.9. The molecule has 1 amide bonds. The SMILES string of the molecule is Cn1nccc1CCC(=O)N1CCc2oc(C3CCC3)nc2C1. The van der Waals surface area contributed by atoms with E-state index < -0.39 is 0 Å². The number of hydrogen-bond donors (Lipinski definition) is 0. The van der Waals surface area contributed by atoms with Crippen LogP contribution in [0.25, 0.3) is 0 Å². The van der Waals surface area contributed by atoms with E-state index in [4.69, 9.17) is 4.42 Å². The van der Waals surface area contributed by atoms with Gasteiger partial charge in [-0.05, 0) is 25.3 Å². The van der Waals surface area contributed by atoms with Crippen LogP contribution >= 0.6 is 0 Å². The van der Waals surface area contributed by atoms with Crippen molar-refractivity contribution in [2.75, 3.05) is 6.54 Å². The van der Waals surface area contributed by atoms with E-state index in [2.05, 4.69) is 10.1 Å². The maximum Gasteiger partial charge on any atom is 0.223 e. The molecule has 4 rings (SSSR count). The Labute approximate surface area is 135 Å². The van der Waals surface area contributed by atoms with Gasteiger partial charge in [-0.3, -0.25) is 9.48 Å². The molecular weight excluding hydrogens is 292 g/mol. The molecule has 0 atom stereocenters. The summed E-state index contributed by atoms with van der Waals surface area (Å²) in [6.45, 7) is 1.33. The molecule has 1 fully saturated rings. The van der Waals surface area contributed by atoms with Gasteiger partial charge in [0.05, 0.1) is 6.54 Å². The zero-order valence-corrected chi connectivity index (χ0v) is 13.5. The van der Waals surface area contributed by atoms with E-state index in [0.29, 0.717) is 18.9 Å². The van der Waals surface area contributed by atoms with Crippen molar-refractivity contribution in [3.05, 3.63) is 35.3 Å². The van der Waals surface area contributed by atoms with Crippen LogP contribution in [-0.4, -0.2) is 32.1 Å². The zero-order chi connectivity index (χ0) is 15.8. The maximum absolute atomic E-state index is 12.5. The first-order chi connectivity index (χ1) is 11.2. The number of nitrogens with zero attached hydrogens (tertiary/aromatic N) is 4. The van der Waals surface area contributed by atoms with Gasteiger partial charge in [0, 0.05) is 44.2 Å². The van der Waals surface area contributed by atoms with Crippen LogP contribution in [0.3, 0.4) is 0 Å². The van der Waals surface area contributed by atoms with Crippen molar-refractivity contribution in [1.29, 1.82) is 0 Å². The molecule has 2 aliphatic rings. The van der Waals surface area contributed by atoms with Gasteiger partial charge in [-0.1, -0.05) is 6.42 Å². The molecule has 23 heavy (non-hydrogen) atoms. The van der Waals surface area contributed by atoms with Crippen LogP contribution in [0.2, 0.25) is 0 Å². The van der Waals surface area contributed by atoms with Crippen molar-refractivity contribution in [3.8, 4) is 0 Å². The molecule has 0 bridgehead atoms. The molecule has 0 aromatic carbocycles. The molecule has 6 nitrogen and oxygen atoms in total. The summed E-state index contributed by atoms with van der Waals surface area (Å²) in [6, 6.07) is 1.96. The van der Waals surface area contributed by atoms with E-state index >= 15 is 0 Å². The van der Waals surface area contributed by atoms with E-state index in [1.807, 2.05) is 22.7 Å². The quantitative estimate of drug-likeness (QED) is 0.868. The highest BCUT2D eigenvalue weighted by Crippen LogP contribution is 2.37. The van der Waals surface area contributed by atoms with Gasteiger partial charge >= 0.3 is 0 Å². The average molecular weight is 314 g/mol. The second-order valence-electron chi connectivity index (χ2n) is 6.56. The fourth-order valence-electron chi connectivity index (χ4n) is 3.30. The molecule has 6 heteroatoms. The van der Waals surface area contributed by atoms with Gasteiger partial charge in [0.1, 0.15) is 11.5 Å². The Balaban J connectivity index is 1.38. The number of carbonyl (C=O) groups is 1. The third-order valence-electron chi connectivity index (χ3n) is 5.07. The van der Waals surface area contributed by atoms with E-state index in [1.165, 1.54) is 19.3 Å². The van der Waals surface area contributed by atoms with Crippen molar-refractivity contribution in [3.63, 3.8) is 0 Å². The number of hydrogen-bond acceptors (Lipinski definition) is 4. The fourth-order valence-corrected chi connectivity index (χ4v) is 3.30. The molecule has 1 aliphatic carbocycles. The Morgan fingerprint density at radius 2 is 2.30 bits per heavy atom. The van der Waals surface area contributed by atoms with Gasteiger partial charge in [-0.2, -0.15) is 5.10 Å². The second-order valence-corrected chi connectivity index (χ2v) is 6.56. The van der Waals surface area contributed by atoms with Crippen LogP contribution in [0.15, 0.2) is 16.7 Å². The highest BCUT2D eigenvalue weighted by atomic mass is 16.4. The van der Waals surface area contributed by atoms with Crippen molar-refractivity contribution >= 4 is 5.91 Å². The zero-order valence-electron chi connectivity index (χ0n) is 13.5. The summed E-state index contributed by atoms with van der Waals surface area (Å²) < 4.78 is 7.74. The van der Waals surface area contributed by atoms with Crippen molar-refractivity contribution in [1.82, 2.24) is 19.7 Å². The molecule has 0 N–H and O–H groups in total.